The Kier molecular flexibility index (Phi) is 7.00. The first kappa shape index (κ1) is 25.7. The molecule has 6 aromatic rings. The lowest BCUT2D eigenvalue weighted by Gasteiger charge is -2.13. The van der Waals surface area contributed by atoms with Gasteiger partial charge < -0.3 is 9.13 Å². The Morgan fingerprint density at radius 2 is 0.900 bits per heavy atom. The highest BCUT2D eigenvalue weighted by Gasteiger charge is 2.16. The van der Waals surface area contributed by atoms with Crippen molar-refractivity contribution in [3.8, 4) is 22.5 Å². The van der Waals surface area contributed by atoms with E-state index < -0.39 is 0 Å². The molecule has 0 aliphatic heterocycles. The number of fused-ring (bicyclic) bond motifs is 3. The predicted octanol–water partition coefficient (Wildman–Crippen LogP) is 10.7. The molecule has 0 fully saturated rings. The van der Waals surface area contributed by atoms with Gasteiger partial charge in [0.05, 0.1) is 11.0 Å². The van der Waals surface area contributed by atoms with Gasteiger partial charge >= 0.3 is 0 Å². The summed E-state index contributed by atoms with van der Waals surface area (Å²) in [5.74, 6) is 0. The van der Waals surface area contributed by atoms with Gasteiger partial charge in [0.2, 0.25) is 0 Å². The summed E-state index contributed by atoms with van der Waals surface area (Å²) in [7, 11) is 0. The van der Waals surface area contributed by atoms with E-state index in [1.165, 1.54) is 66.8 Å². The van der Waals surface area contributed by atoms with E-state index in [4.69, 9.17) is 0 Å². The molecule has 6 rings (SSSR count). The first-order valence-corrected chi connectivity index (χ1v) is 14.4. The molecule has 0 N–H and O–H groups in total. The SMILES string of the molecule is CC/C=C\c1c(C)c(C)c(/C=C\CC)n1-c1ccc(-c2ccc(-n3c4ccccc4c4ccccc43)cc2)cc1. The van der Waals surface area contributed by atoms with Crippen LogP contribution in [0.5, 0.6) is 0 Å². The highest BCUT2D eigenvalue weighted by atomic mass is 15.0. The number of benzene rings is 4. The molecule has 2 aromatic heterocycles. The van der Waals surface area contributed by atoms with Crippen LogP contribution in [0.1, 0.15) is 49.2 Å². The number of hydrogen-bond acceptors (Lipinski definition) is 0. The van der Waals surface area contributed by atoms with Crippen LogP contribution in [0, 0.1) is 13.8 Å². The van der Waals surface area contributed by atoms with E-state index in [1.54, 1.807) is 0 Å². The highest BCUT2D eigenvalue weighted by molar-refractivity contribution is 6.09. The number of rotatable bonds is 7. The van der Waals surface area contributed by atoms with Crippen molar-refractivity contribution in [1.82, 2.24) is 9.13 Å². The number of aromatic nitrogens is 2. The number of allylic oxidation sites excluding steroid dienone is 2. The van der Waals surface area contributed by atoms with E-state index in [2.05, 4.69) is 158 Å². The molecule has 2 heterocycles. The number of hydrogen-bond donors (Lipinski definition) is 0. The van der Waals surface area contributed by atoms with Crippen LogP contribution in [-0.4, -0.2) is 9.13 Å². The fourth-order valence-electron chi connectivity index (χ4n) is 5.79. The average molecular weight is 521 g/mol. The molecule has 0 spiro atoms. The predicted molar refractivity (Wildman–Crippen MR) is 174 cm³/mol. The molecule has 4 aromatic carbocycles. The van der Waals surface area contributed by atoms with Crippen molar-refractivity contribution in [1.29, 1.82) is 0 Å². The second-order valence-electron chi connectivity index (χ2n) is 10.4. The molecule has 0 saturated heterocycles. The molecule has 0 aliphatic rings. The van der Waals surface area contributed by atoms with Crippen LogP contribution >= 0.6 is 0 Å². The van der Waals surface area contributed by atoms with Gasteiger partial charge in [0, 0.05) is 33.5 Å². The summed E-state index contributed by atoms with van der Waals surface area (Å²) in [5, 5.41) is 2.57. The lowest BCUT2D eigenvalue weighted by atomic mass is 10.0. The summed E-state index contributed by atoms with van der Waals surface area (Å²) in [6, 6.07) is 35.3. The van der Waals surface area contributed by atoms with E-state index in [0.717, 1.165) is 12.8 Å². The van der Waals surface area contributed by atoms with Gasteiger partial charge in [0.15, 0.2) is 0 Å². The molecule has 0 saturated carbocycles. The second-order valence-corrected chi connectivity index (χ2v) is 10.4. The lowest BCUT2D eigenvalue weighted by Crippen LogP contribution is -2.00. The summed E-state index contributed by atoms with van der Waals surface area (Å²) in [6.07, 6.45) is 11.1. The van der Waals surface area contributed by atoms with E-state index in [9.17, 15) is 0 Å². The minimum absolute atomic E-state index is 1.02. The molecule has 0 radical (unpaired) electrons. The van der Waals surface area contributed by atoms with Crippen molar-refractivity contribution in [2.45, 2.75) is 40.5 Å². The molecule has 2 heteroatoms. The molecule has 0 aliphatic carbocycles. The monoisotopic (exact) mass is 520 g/mol. The van der Waals surface area contributed by atoms with Gasteiger partial charge in [-0.2, -0.15) is 0 Å². The van der Waals surface area contributed by atoms with E-state index in [0.29, 0.717) is 0 Å². The van der Waals surface area contributed by atoms with Crippen LogP contribution in [0.2, 0.25) is 0 Å². The molecule has 0 bridgehead atoms. The van der Waals surface area contributed by atoms with Crippen molar-refractivity contribution in [2.75, 3.05) is 0 Å². The summed E-state index contributed by atoms with van der Waals surface area (Å²) in [5.41, 5.74) is 12.5. The first-order chi connectivity index (χ1) is 19.6. The zero-order valence-electron chi connectivity index (χ0n) is 23.9. The van der Waals surface area contributed by atoms with Crippen molar-refractivity contribution < 1.29 is 0 Å². The molecule has 0 amide bonds. The Hall–Kier alpha value is -4.56. The number of nitrogens with zero attached hydrogens (tertiary/aromatic N) is 2. The third-order valence-electron chi connectivity index (χ3n) is 8.00. The van der Waals surface area contributed by atoms with Crippen LogP contribution in [0.3, 0.4) is 0 Å². The fraction of sp³-hybridized carbons (Fsp3) is 0.158. The van der Waals surface area contributed by atoms with E-state index >= 15 is 0 Å². The minimum Gasteiger partial charge on any atom is -0.310 e. The number of para-hydroxylation sites is 2. The van der Waals surface area contributed by atoms with Crippen LogP contribution in [0.25, 0.3) is 56.5 Å². The second kappa shape index (κ2) is 10.9. The molecular weight excluding hydrogens is 484 g/mol. The Morgan fingerprint density at radius 1 is 0.500 bits per heavy atom. The maximum Gasteiger partial charge on any atom is 0.0541 e. The van der Waals surface area contributed by atoms with E-state index in [-0.39, 0.29) is 0 Å². The van der Waals surface area contributed by atoms with Gasteiger partial charge in [0.1, 0.15) is 0 Å². The van der Waals surface area contributed by atoms with Crippen molar-refractivity contribution in [2.24, 2.45) is 0 Å². The molecule has 0 unspecified atom stereocenters. The Bertz CT molecular complexity index is 1770. The Morgan fingerprint density at radius 3 is 1.32 bits per heavy atom. The van der Waals surface area contributed by atoms with E-state index in [1.807, 2.05) is 0 Å². The van der Waals surface area contributed by atoms with Gasteiger partial charge in [0.25, 0.3) is 0 Å². The zero-order valence-corrected chi connectivity index (χ0v) is 23.9. The first-order valence-electron chi connectivity index (χ1n) is 14.4. The molecular formula is C38H36N2. The normalized spacial score (nSPS) is 12.0. The minimum atomic E-state index is 1.02. The Labute approximate surface area is 237 Å². The largest absolute Gasteiger partial charge is 0.310 e. The van der Waals surface area contributed by atoms with Crippen molar-refractivity contribution in [3.05, 3.63) is 132 Å². The van der Waals surface area contributed by atoms with Crippen LogP contribution < -0.4 is 0 Å². The molecule has 40 heavy (non-hydrogen) atoms. The average Bonchev–Trinajstić information content (AvgIpc) is 3.46. The summed E-state index contributed by atoms with van der Waals surface area (Å²) < 4.78 is 4.77. The summed E-state index contributed by atoms with van der Waals surface area (Å²) in [4.78, 5) is 0. The van der Waals surface area contributed by atoms with Crippen LogP contribution in [0.4, 0.5) is 0 Å². The van der Waals surface area contributed by atoms with Crippen LogP contribution in [0.15, 0.2) is 109 Å². The third-order valence-corrected chi connectivity index (χ3v) is 8.00. The maximum atomic E-state index is 2.40. The van der Waals surface area contributed by atoms with Gasteiger partial charge in [-0.15, -0.1) is 0 Å². The highest BCUT2D eigenvalue weighted by Crippen LogP contribution is 2.33. The Balaban J connectivity index is 1.38. The summed E-state index contributed by atoms with van der Waals surface area (Å²) >= 11 is 0. The fourth-order valence-corrected chi connectivity index (χ4v) is 5.79. The quantitative estimate of drug-likeness (QED) is 0.198. The summed E-state index contributed by atoms with van der Waals surface area (Å²) in [6.45, 7) is 8.84. The van der Waals surface area contributed by atoms with Crippen molar-refractivity contribution in [3.63, 3.8) is 0 Å². The third kappa shape index (κ3) is 4.40. The topological polar surface area (TPSA) is 9.86 Å². The van der Waals surface area contributed by atoms with Crippen LogP contribution in [-0.2, 0) is 0 Å². The standard InChI is InChI=1S/C38H36N2/c1-5-7-15-35-27(3)28(4)36(16-8-6-2)39(35)31-23-19-29(20-24-31)30-21-25-32(26-22-30)40-37-17-11-9-13-33(37)34-14-10-12-18-38(34)40/h7-26H,5-6H2,1-4H3/b15-7-,16-8-. The van der Waals surface area contributed by atoms with Gasteiger partial charge in [-0.25, -0.2) is 0 Å². The van der Waals surface area contributed by atoms with Gasteiger partial charge in [-0.1, -0.05) is 86.7 Å². The van der Waals surface area contributed by atoms with Crippen molar-refractivity contribution >= 4 is 34.0 Å². The smallest absolute Gasteiger partial charge is 0.0541 e. The maximum absolute atomic E-state index is 2.40. The molecule has 2 nitrogen and oxygen atoms in total. The zero-order chi connectivity index (χ0) is 27.6. The van der Waals surface area contributed by atoms with Gasteiger partial charge in [-0.05, 0) is 97.5 Å². The van der Waals surface area contributed by atoms with Gasteiger partial charge in [-0.3, -0.25) is 0 Å². The lowest BCUT2D eigenvalue weighted by molar-refractivity contribution is 1.03. The molecule has 0 atom stereocenters. The molecule has 198 valence electrons.